The van der Waals surface area contributed by atoms with Crippen molar-refractivity contribution >= 4 is 17.8 Å². The molecule has 0 bridgehead atoms. The van der Waals surface area contributed by atoms with Crippen LogP contribution in [-0.4, -0.2) is 34.1 Å². The van der Waals surface area contributed by atoms with Crippen molar-refractivity contribution in [3.63, 3.8) is 0 Å². The summed E-state index contributed by atoms with van der Waals surface area (Å²) >= 11 is 0. The fourth-order valence-electron chi connectivity index (χ4n) is 1.96. The lowest BCUT2D eigenvalue weighted by molar-refractivity contribution is -0.697. The Kier molecular flexibility index (Phi) is 10.6. The van der Waals surface area contributed by atoms with Crippen molar-refractivity contribution in [3.05, 3.63) is 30.6 Å². The van der Waals surface area contributed by atoms with Gasteiger partial charge in [0.25, 0.3) is 0 Å². The van der Waals surface area contributed by atoms with Gasteiger partial charge in [-0.1, -0.05) is 6.07 Å². The zero-order valence-electron chi connectivity index (χ0n) is 12.7. The number of pyridine rings is 1. The van der Waals surface area contributed by atoms with Crippen molar-refractivity contribution in [3.8, 4) is 0 Å². The van der Waals surface area contributed by atoms with Crippen molar-refractivity contribution in [2.45, 2.75) is 44.7 Å². The van der Waals surface area contributed by atoms with Crippen LogP contribution in [0, 0.1) is 0 Å². The molecule has 1 amide bonds. The van der Waals surface area contributed by atoms with E-state index in [9.17, 15) is 14.4 Å². The number of carbonyl (C=O) groups excluding carboxylic acids is 1. The van der Waals surface area contributed by atoms with Gasteiger partial charge >= 0.3 is 11.9 Å². The van der Waals surface area contributed by atoms with Crippen molar-refractivity contribution < 1.29 is 46.1 Å². The van der Waals surface area contributed by atoms with E-state index < -0.39 is 18.0 Å². The van der Waals surface area contributed by atoms with E-state index in [0.29, 0.717) is 6.42 Å². The van der Waals surface area contributed by atoms with Gasteiger partial charge in [0, 0.05) is 31.4 Å². The van der Waals surface area contributed by atoms with Crippen LogP contribution < -0.4 is 26.9 Å². The van der Waals surface area contributed by atoms with Crippen LogP contribution in [0.2, 0.25) is 0 Å². The normalized spacial score (nSPS) is 11.1. The average molecular weight is 389 g/mol. The van der Waals surface area contributed by atoms with Gasteiger partial charge in [0.2, 0.25) is 5.91 Å². The van der Waals surface area contributed by atoms with E-state index >= 15 is 0 Å². The van der Waals surface area contributed by atoms with E-state index in [4.69, 9.17) is 10.2 Å². The monoisotopic (exact) mass is 388 g/mol. The lowest BCUT2D eigenvalue weighted by atomic mass is 10.1. The number of aryl methyl sites for hydroxylation is 1. The molecule has 0 saturated carbocycles. The number of unbranched alkanes of at least 4 members (excludes halogenated alkanes) is 1. The van der Waals surface area contributed by atoms with Crippen molar-refractivity contribution in [1.29, 1.82) is 0 Å². The molecule has 1 heterocycles. The third kappa shape index (κ3) is 9.62. The molecular formula is C15H21BrN2O5. The summed E-state index contributed by atoms with van der Waals surface area (Å²) in [4.78, 5) is 33.1. The molecule has 1 atom stereocenters. The summed E-state index contributed by atoms with van der Waals surface area (Å²) in [7, 11) is 0. The quantitative estimate of drug-likeness (QED) is 0.305. The molecule has 0 fully saturated rings. The van der Waals surface area contributed by atoms with Crippen LogP contribution in [-0.2, 0) is 20.9 Å². The molecule has 8 heteroatoms. The molecule has 0 saturated heterocycles. The third-order valence-electron chi connectivity index (χ3n) is 3.13. The Bertz CT molecular complexity index is 510. The molecule has 3 N–H and O–H groups in total. The van der Waals surface area contributed by atoms with E-state index in [0.717, 1.165) is 13.0 Å². The highest BCUT2D eigenvalue weighted by atomic mass is 79.9. The summed E-state index contributed by atoms with van der Waals surface area (Å²) < 4.78 is 2.00. The van der Waals surface area contributed by atoms with Gasteiger partial charge in [-0.25, -0.2) is 9.36 Å². The van der Waals surface area contributed by atoms with E-state index in [-0.39, 0.29) is 42.2 Å². The smallest absolute Gasteiger partial charge is 0.326 e. The molecule has 0 aliphatic rings. The number of hydrogen-bond acceptors (Lipinski definition) is 3. The molecule has 0 aliphatic heterocycles. The number of aliphatic carboxylic acids is 2. The molecule has 0 radical (unpaired) electrons. The first kappa shape index (κ1) is 21.0. The summed E-state index contributed by atoms with van der Waals surface area (Å²) in [5.41, 5.74) is 0. The number of carboxylic acid groups (broad SMARTS) is 2. The Morgan fingerprint density at radius 3 is 2.22 bits per heavy atom. The summed E-state index contributed by atoms with van der Waals surface area (Å²) in [6.07, 6.45) is 5.13. The molecule has 1 rings (SSSR count). The highest BCUT2D eigenvalue weighted by Crippen LogP contribution is 2.01. The van der Waals surface area contributed by atoms with Gasteiger partial charge in [0.15, 0.2) is 12.4 Å². The molecule has 0 aromatic carbocycles. The lowest BCUT2D eigenvalue weighted by Crippen LogP contribution is -3.00. The fourth-order valence-corrected chi connectivity index (χ4v) is 1.96. The number of nitrogens with one attached hydrogen (secondary N) is 1. The van der Waals surface area contributed by atoms with Gasteiger partial charge < -0.3 is 32.5 Å². The lowest BCUT2D eigenvalue weighted by Gasteiger charge is -2.13. The highest BCUT2D eigenvalue weighted by Gasteiger charge is 2.20. The van der Waals surface area contributed by atoms with Gasteiger partial charge in [-0.3, -0.25) is 9.59 Å². The first-order chi connectivity index (χ1) is 10.5. The number of hydrogen-bond donors (Lipinski definition) is 3. The number of rotatable bonds is 10. The summed E-state index contributed by atoms with van der Waals surface area (Å²) in [6, 6.07) is 4.62. The van der Waals surface area contributed by atoms with E-state index in [1.165, 1.54) is 0 Å². The second-order valence-corrected chi connectivity index (χ2v) is 4.96. The molecule has 0 aliphatic carbocycles. The first-order valence-corrected chi connectivity index (χ1v) is 7.17. The number of carbonyl (C=O) groups is 3. The largest absolute Gasteiger partial charge is 1.00 e. The highest BCUT2D eigenvalue weighted by molar-refractivity contribution is 5.83. The third-order valence-corrected chi connectivity index (χ3v) is 3.13. The molecule has 23 heavy (non-hydrogen) atoms. The predicted octanol–water partition coefficient (Wildman–Crippen LogP) is -2.42. The Hall–Kier alpha value is -1.96. The molecule has 1 unspecified atom stereocenters. The number of carboxylic acids is 2. The molecule has 7 nitrogen and oxygen atoms in total. The molecule has 1 aromatic heterocycles. The molecule has 0 spiro atoms. The van der Waals surface area contributed by atoms with Crippen molar-refractivity contribution in [2.24, 2.45) is 0 Å². The van der Waals surface area contributed by atoms with Gasteiger partial charge in [-0.15, -0.1) is 0 Å². The number of nitrogens with zero attached hydrogens (tertiary/aromatic N) is 1. The van der Waals surface area contributed by atoms with Gasteiger partial charge in [-0.05, 0) is 12.8 Å². The van der Waals surface area contributed by atoms with Crippen LogP contribution in [0.5, 0.6) is 0 Å². The Balaban J connectivity index is 0.00000484. The van der Waals surface area contributed by atoms with Crippen LogP contribution in [0.3, 0.4) is 0 Å². The zero-order valence-corrected chi connectivity index (χ0v) is 14.2. The van der Waals surface area contributed by atoms with Crippen LogP contribution in [0.15, 0.2) is 30.6 Å². The van der Waals surface area contributed by atoms with Crippen LogP contribution in [0.1, 0.15) is 32.1 Å². The van der Waals surface area contributed by atoms with Crippen LogP contribution >= 0.6 is 0 Å². The van der Waals surface area contributed by atoms with E-state index in [1.807, 2.05) is 35.2 Å². The second-order valence-electron chi connectivity index (χ2n) is 4.96. The summed E-state index contributed by atoms with van der Waals surface area (Å²) in [5, 5.41) is 19.9. The minimum Gasteiger partial charge on any atom is -1.00 e. The van der Waals surface area contributed by atoms with Gasteiger partial charge in [0.05, 0.1) is 0 Å². The van der Waals surface area contributed by atoms with Crippen molar-refractivity contribution in [1.82, 2.24) is 5.32 Å². The van der Waals surface area contributed by atoms with Crippen molar-refractivity contribution in [2.75, 3.05) is 0 Å². The van der Waals surface area contributed by atoms with E-state index in [2.05, 4.69) is 5.32 Å². The maximum atomic E-state index is 11.7. The Labute approximate surface area is 145 Å². The van der Waals surface area contributed by atoms with Crippen LogP contribution in [0.4, 0.5) is 0 Å². The average Bonchev–Trinajstić information content (AvgIpc) is 2.48. The summed E-state index contributed by atoms with van der Waals surface area (Å²) in [6.45, 7) is 0.787. The second kappa shape index (κ2) is 11.6. The Morgan fingerprint density at radius 2 is 1.65 bits per heavy atom. The van der Waals surface area contributed by atoms with E-state index in [1.54, 1.807) is 0 Å². The minimum absolute atomic E-state index is 0. The maximum absolute atomic E-state index is 11.7. The number of aromatic nitrogens is 1. The fraction of sp³-hybridized carbons (Fsp3) is 0.467. The molecule has 128 valence electrons. The molecule has 1 aromatic rings. The van der Waals surface area contributed by atoms with Gasteiger partial charge in [-0.2, -0.15) is 0 Å². The molecular weight excluding hydrogens is 368 g/mol. The topological polar surface area (TPSA) is 108 Å². The maximum Gasteiger partial charge on any atom is 0.326 e. The zero-order chi connectivity index (χ0) is 16.4. The first-order valence-electron chi connectivity index (χ1n) is 7.17. The standard InChI is InChI=1S/C15H20N2O5.BrH/c18-13(16-12(15(21)22)7-8-14(19)20)6-2-5-11-17-9-3-1-4-10-17;/h1,3-4,9-10,12H,2,5-8,11H2,(H2-,16,18,19,20,21,22);1H. The summed E-state index contributed by atoms with van der Waals surface area (Å²) in [5.74, 6) is -2.66. The Morgan fingerprint density at radius 1 is 1.00 bits per heavy atom. The van der Waals surface area contributed by atoms with Crippen LogP contribution in [0.25, 0.3) is 0 Å². The SMILES string of the molecule is O=C(O)CCC(NC(=O)CCCC[n+]1ccccc1)C(=O)O.[Br-]. The minimum atomic E-state index is -1.21. The van der Waals surface area contributed by atoms with Gasteiger partial charge in [0.1, 0.15) is 12.6 Å². The number of amides is 1. The predicted molar refractivity (Wildman–Crippen MR) is 76.9 cm³/mol. The number of halogens is 1.